The average Bonchev–Trinajstić information content (AvgIpc) is 3.07. The lowest BCUT2D eigenvalue weighted by atomic mass is 9.99. The van der Waals surface area contributed by atoms with Gasteiger partial charge in [-0.2, -0.15) is 0 Å². The van der Waals surface area contributed by atoms with Crippen molar-refractivity contribution in [2.75, 3.05) is 0 Å². The normalized spacial score (nSPS) is 19.9. The van der Waals surface area contributed by atoms with Gasteiger partial charge in [0.15, 0.2) is 0 Å². The Kier molecular flexibility index (Phi) is 3.90. The van der Waals surface area contributed by atoms with Gasteiger partial charge in [0.25, 0.3) is 0 Å². The van der Waals surface area contributed by atoms with Crippen LogP contribution in [0.2, 0.25) is 0 Å². The molecule has 1 saturated carbocycles. The van der Waals surface area contributed by atoms with Gasteiger partial charge in [-0.3, -0.25) is 0 Å². The fraction of sp³-hybridized carbons (Fsp3) is 0.529. The van der Waals surface area contributed by atoms with E-state index in [0.29, 0.717) is 12.1 Å². The van der Waals surface area contributed by atoms with E-state index >= 15 is 0 Å². The van der Waals surface area contributed by atoms with Crippen molar-refractivity contribution in [3.63, 3.8) is 0 Å². The van der Waals surface area contributed by atoms with Crippen molar-refractivity contribution in [3.05, 3.63) is 35.2 Å². The third-order valence-electron chi connectivity index (χ3n) is 4.49. The van der Waals surface area contributed by atoms with Crippen molar-refractivity contribution in [1.29, 1.82) is 0 Å². The number of hydrogen-bond acceptors (Lipinski definition) is 2. The quantitative estimate of drug-likeness (QED) is 0.814. The molecule has 1 aromatic heterocycles. The van der Waals surface area contributed by atoms with E-state index in [0.717, 1.165) is 5.92 Å². The molecule has 0 amide bonds. The molecule has 1 N–H and O–H groups in total. The summed E-state index contributed by atoms with van der Waals surface area (Å²) in [4.78, 5) is 1.46. The zero-order chi connectivity index (χ0) is 13.2. The fourth-order valence-corrected chi connectivity index (χ4v) is 4.36. The molecule has 3 rings (SSSR count). The van der Waals surface area contributed by atoms with E-state index in [1.807, 2.05) is 11.3 Å². The molecule has 1 aromatic carbocycles. The minimum absolute atomic E-state index is 0.466. The zero-order valence-corrected chi connectivity index (χ0v) is 12.7. The van der Waals surface area contributed by atoms with E-state index in [9.17, 15) is 0 Å². The van der Waals surface area contributed by atoms with Crippen LogP contribution in [0, 0.1) is 5.92 Å². The van der Waals surface area contributed by atoms with Gasteiger partial charge in [0.2, 0.25) is 0 Å². The molecule has 102 valence electrons. The van der Waals surface area contributed by atoms with Crippen molar-refractivity contribution < 1.29 is 0 Å². The SMILES string of the molecule is CC(N[C@@H](C)C1CCCC1)c1cc2ccccc2s1. The standard InChI is InChI=1S/C17H23NS/c1-12(14-7-3-4-8-14)18-13(2)17-11-15-9-5-6-10-16(15)19-17/h5-6,9-14,18H,3-4,7-8H2,1-2H3/t12-,13?/m0/s1. The fourth-order valence-electron chi connectivity index (χ4n) is 3.29. The number of hydrogen-bond donors (Lipinski definition) is 1. The predicted octanol–water partition coefficient (Wildman–Crippen LogP) is 5.13. The third-order valence-corrected chi connectivity index (χ3v) is 5.79. The summed E-state index contributed by atoms with van der Waals surface area (Å²) in [5, 5.41) is 5.19. The Balaban J connectivity index is 1.70. The van der Waals surface area contributed by atoms with Crippen LogP contribution in [0.25, 0.3) is 10.1 Å². The largest absolute Gasteiger partial charge is 0.307 e. The number of fused-ring (bicyclic) bond motifs is 1. The molecular weight excluding hydrogens is 250 g/mol. The second-order valence-corrected chi connectivity index (χ2v) is 7.02. The Labute approximate surface area is 120 Å². The highest BCUT2D eigenvalue weighted by Gasteiger charge is 2.23. The first-order chi connectivity index (χ1) is 9.24. The summed E-state index contributed by atoms with van der Waals surface area (Å²) in [6, 6.07) is 12.1. The molecule has 2 atom stereocenters. The minimum atomic E-state index is 0.466. The van der Waals surface area contributed by atoms with Crippen LogP contribution in [0.4, 0.5) is 0 Å². The molecule has 0 aliphatic heterocycles. The average molecular weight is 273 g/mol. The van der Waals surface area contributed by atoms with Crippen LogP contribution >= 0.6 is 11.3 Å². The van der Waals surface area contributed by atoms with Gasteiger partial charge >= 0.3 is 0 Å². The molecule has 0 radical (unpaired) electrons. The van der Waals surface area contributed by atoms with Crippen LogP contribution in [0.5, 0.6) is 0 Å². The third kappa shape index (κ3) is 2.85. The first kappa shape index (κ1) is 13.1. The van der Waals surface area contributed by atoms with Crippen LogP contribution in [0.15, 0.2) is 30.3 Å². The molecule has 1 nitrogen and oxygen atoms in total. The van der Waals surface area contributed by atoms with Crippen molar-refractivity contribution >= 4 is 21.4 Å². The van der Waals surface area contributed by atoms with Gasteiger partial charge in [0, 0.05) is 21.7 Å². The second kappa shape index (κ2) is 5.64. The van der Waals surface area contributed by atoms with E-state index in [2.05, 4.69) is 49.5 Å². The summed E-state index contributed by atoms with van der Waals surface area (Å²) in [7, 11) is 0. The predicted molar refractivity (Wildman–Crippen MR) is 84.8 cm³/mol. The molecule has 1 heterocycles. The number of rotatable bonds is 4. The summed E-state index contributed by atoms with van der Waals surface area (Å²) < 4.78 is 1.40. The molecule has 0 bridgehead atoms. The van der Waals surface area contributed by atoms with Crippen LogP contribution in [0.3, 0.4) is 0 Å². The van der Waals surface area contributed by atoms with E-state index < -0.39 is 0 Å². The molecule has 1 fully saturated rings. The number of benzene rings is 1. The van der Waals surface area contributed by atoms with E-state index in [-0.39, 0.29) is 0 Å². The highest BCUT2D eigenvalue weighted by atomic mass is 32.1. The topological polar surface area (TPSA) is 12.0 Å². The number of nitrogens with one attached hydrogen (secondary N) is 1. The summed E-state index contributed by atoms with van der Waals surface area (Å²) in [5.74, 6) is 0.886. The van der Waals surface area contributed by atoms with Crippen molar-refractivity contribution in [2.24, 2.45) is 5.92 Å². The zero-order valence-electron chi connectivity index (χ0n) is 11.9. The van der Waals surface area contributed by atoms with Crippen molar-refractivity contribution in [3.8, 4) is 0 Å². The highest BCUT2D eigenvalue weighted by Crippen LogP contribution is 2.32. The van der Waals surface area contributed by atoms with Gasteiger partial charge in [0.1, 0.15) is 0 Å². The van der Waals surface area contributed by atoms with Crippen LogP contribution in [-0.2, 0) is 0 Å². The highest BCUT2D eigenvalue weighted by molar-refractivity contribution is 7.19. The summed E-state index contributed by atoms with van der Waals surface area (Å²) in [5.41, 5.74) is 0. The lowest BCUT2D eigenvalue weighted by Crippen LogP contribution is -2.33. The smallest absolute Gasteiger partial charge is 0.0388 e. The summed E-state index contributed by atoms with van der Waals surface area (Å²) in [6.07, 6.45) is 5.67. The Morgan fingerprint density at radius 2 is 1.89 bits per heavy atom. The van der Waals surface area contributed by atoms with E-state index in [1.54, 1.807) is 0 Å². The van der Waals surface area contributed by atoms with Gasteiger partial charge in [-0.15, -0.1) is 11.3 Å². The minimum Gasteiger partial charge on any atom is -0.307 e. The van der Waals surface area contributed by atoms with Crippen LogP contribution in [-0.4, -0.2) is 6.04 Å². The molecule has 1 aliphatic rings. The van der Waals surface area contributed by atoms with Crippen LogP contribution < -0.4 is 5.32 Å². The molecule has 1 aliphatic carbocycles. The van der Waals surface area contributed by atoms with Gasteiger partial charge in [0.05, 0.1) is 0 Å². The Hall–Kier alpha value is -0.860. The van der Waals surface area contributed by atoms with E-state index in [4.69, 9.17) is 0 Å². The van der Waals surface area contributed by atoms with Gasteiger partial charge in [-0.25, -0.2) is 0 Å². The first-order valence-electron chi connectivity index (χ1n) is 7.48. The Morgan fingerprint density at radius 3 is 2.63 bits per heavy atom. The van der Waals surface area contributed by atoms with Gasteiger partial charge < -0.3 is 5.32 Å². The second-order valence-electron chi connectivity index (χ2n) is 5.91. The van der Waals surface area contributed by atoms with Crippen molar-refractivity contribution in [1.82, 2.24) is 5.32 Å². The molecule has 1 unspecified atom stereocenters. The lowest BCUT2D eigenvalue weighted by molar-refractivity contribution is 0.354. The Morgan fingerprint density at radius 1 is 1.16 bits per heavy atom. The maximum absolute atomic E-state index is 3.81. The molecule has 19 heavy (non-hydrogen) atoms. The molecule has 0 saturated heterocycles. The summed E-state index contributed by atoms with van der Waals surface area (Å²) >= 11 is 1.93. The Bertz CT molecular complexity index is 506. The van der Waals surface area contributed by atoms with Gasteiger partial charge in [-0.05, 0) is 50.1 Å². The molecule has 2 heteroatoms. The monoisotopic (exact) mass is 273 g/mol. The maximum Gasteiger partial charge on any atom is 0.0388 e. The van der Waals surface area contributed by atoms with Crippen LogP contribution in [0.1, 0.15) is 50.4 Å². The van der Waals surface area contributed by atoms with Gasteiger partial charge in [-0.1, -0.05) is 31.0 Å². The first-order valence-corrected chi connectivity index (χ1v) is 8.30. The molecule has 0 spiro atoms. The maximum atomic E-state index is 3.81. The molecular formula is C17H23NS. The summed E-state index contributed by atoms with van der Waals surface area (Å²) in [6.45, 7) is 4.66. The molecule has 2 aromatic rings. The lowest BCUT2D eigenvalue weighted by Gasteiger charge is -2.24. The van der Waals surface area contributed by atoms with E-state index in [1.165, 1.54) is 40.6 Å². The van der Waals surface area contributed by atoms with Crippen molar-refractivity contribution in [2.45, 2.75) is 51.6 Å². The number of thiophene rings is 1.